The summed E-state index contributed by atoms with van der Waals surface area (Å²) in [6.45, 7) is 4.57. The zero-order chi connectivity index (χ0) is 24.2. The first kappa shape index (κ1) is 22.0. The van der Waals surface area contributed by atoms with Gasteiger partial charge in [-0.25, -0.2) is 15.0 Å². The van der Waals surface area contributed by atoms with Gasteiger partial charge >= 0.3 is 0 Å². The van der Waals surface area contributed by atoms with Crippen molar-refractivity contribution in [1.82, 2.24) is 30.2 Å². The van der Waals surface area contributed by atoms with Crippen molar-refractivity contribution < 1.29 is 0 Å². The summed E-state index contributed by atoms with van der Waals surface area (Å²) in [5.74, 6) is 1.34. The first-order valence-electron chi connectivity index (χ1n) is 11.3. The van der Waals surface area contributed by atoms with E-state index in [0.29, 0.717) is 49.1 Å². The molecule has 0 aliphatic carbocycles. The molecule has 3 N–H and O–H groups in total. The average molecular weight is 465 g/mol. The van der Waals surface area contributed by atoms with Crippen molar-refractivity contribution in [3.05, 3.63) is 66.4 Å². The van der Waals surface area contributed by atoms with Crippen LogP contribution in [0.1, 0.15) is 5.56 Å². The van der Waals surface area contributed by atoms with Gasteiger partial charge in [0.05, 0.1) is 17.6 Å². The Morgan fingerprint density at radius 2 is 1.83 bits per heavy atom. The second-order valence-corrected chi connectivity index (χ2v) is 8.18. The number of aryl methyl sites for hydroxylation is 1. The zero-order valence-corrected chi connectivity index (χ0v) is 19.3. The van der Waals surface area contributed by atoms with Crippen molar-refractivity contribution in [2.75, 3.05) is 36.8 Å². The fraction of sp³-hybridized carbons (Fsp3) is 0.200. The minimum Gasteiger partial charge on any atom is -0.368 e. The molecule has 0 unspecified atom stereocenters. The molecule has 35 heavy (non-hydrogen) atoms. The Labute approximate surface area is 202 Å². The van der Waals surface area contributed by atoms with E-state index in [9.17, 15) is 5.26 Å². The van der Waals surface area contributed by atoms with E-state index in [1.54, 1.807) is 6.20 Å². The number of aliphatic imine (C=N–C) groups is 1. The highest BCUT2D eigenvalue weighted by Crippen LogP contribution is 2.26. The molecule has 1 aliphatic rings. The Kier molecular flexibility index (Phi) is 6.05. The number of nitrogen functional groups attached to an aromatic ring is 1. The summed E-state index contributed by atoms with van der Waals surface area (Å²) in [4.78, 5) is 27.0. The van der Waals surface area contributed by atoms with E-state index in [1.807, 2.05) is 67.7 Å². The van der Waals surface area contributed by atoms with Crippen molar-refractivity contribution in [3.63, 3.8) is 0 Å². The number of nitrogens with one attached hydrogen (secondary N) is 1. The number of rotatable bonds is 3. The number of hydrogen-bond acceptors (Lipinski definition) is 8. The minimum absolute atomic E-state index is 0.157. The monoisotopic (exact) mass is 464 g/mol. The van der Waals surface area contributed by atoms with E-state index < -0.39 is 0 Å². The number of nitrogens with two attached hydrogens (primary N) is 1. The molecule has 0 amide bonds. The number of guanidine groups is 1. The van der Waals surface area contributed by atoms with Crippen LogP contribution in [0.3, 0.4) is 0 Å². The van der Waals surface area contributed by atoms with Crippen LogP contribution in [-0.4, -0.2) is 57.0 Å². The SMILES string of the molecule is Cc1cccc(N=C(NC#N)N2CCN(c3nc(N)nc4ncc(-c5ccccc5)nc34)CC2)c1. The van der Waals surface area contributed by atoms with Crippen molar-refractivity contribution >= 4 is 34.6 Å². The predicted molar refractivity (Wildman–Crippen MR) is 136 cm³/mol. The molecule has 5 rings (SSSR count). The second-order valence-electron chi connectivity index (χ2n) is 8.18. The number of fused-ring (bicyclic) bond motifs is 1. The smallest absolute Gasteiger partial charge is 0.224 e. The second kappa shape index (κ2) is 9.61. The number of hydrogen-bond donors (Lipinski definition) is 2. The molecule has 0 atom stereocenters. The third-order valence-electron chi connectivity index (χ3n) is 5.76. The van der Waals surface area contributed by atoms with Crippen LogP contribution in [0.5, 0.6) is 0 Å². The summed E-state index contributed by atoms with van der Waals surface area (Å²) in [7, 11) is 0. The number of aromatic nitrogens is 4. The lowest BCUT2D eigenvalue weighted by molar-refractivity contribution is 0.377. The molecule has 3 heterocycles. The molecule has 0 radical (unpaired) electrons. The quantitative estimate of drug-likeness (QED) is 0.203. The van der Waals surface area contributed by atoms with E-state index in [0.717, 1.165) is 22.5 Å². The third kappa shape index (κ3) is 4.79. The predicted octanol–water partition coefficient (Wildman–Crippen LogP) is 2.86. The lowest BCUT2D eigenvalue weighted by Gasteiger charge is -2.36. The summed E-state index contributed by atoms with van der Waals surface area (Å²) in [6.07, 6.45) is 3.71. The lowest BCUT2D eigenvalue weighted by atomic mass is 10.1. The molecule has 0 saturated carbocycles. The fourth-order valence-electron chi connectivity index (χ4n) is 4.06. The molecule has 10 nitrogen and oxygen atoms in total. The van der Waals surface area contributed by atoms with Crippen LogP contribution in [0.15, 0.2) is 65.8 Å². The Morgan fingerprint density at radius 3 is 2.57 bits per heavy atom. The normalized spacial score (nSPS) is 14.1. The molecule has 1 fully saturated rings. The average Bonchev–Trinajstić information content (AvgIpc) is 2.88. The molecule has 0 spiro atoms. The van der Waals surface area contributed by atoms with Crippen LogP contribution in [-0.2, 0) is 0 Å². The number of benzene rings is 2. The van der Waals surface area contributed by atoms with Gasteiger partial charge in [-0.05, 0) is 24.6 Å². The molecule has 2 aromatic heterocycles. The Balaban J connectivity index is 1.41. The van der Waals surface area contributed by atoms with Gasteiger partial charge in [-0.3, -0.25) is 5.32 Å². The van der Waals surface area contributed by atoms with Gasteiger partial charge in [-0.2, -0.15) is 15.2 Å². The van der Waals surface area contributed by atoms with Gasteiger partial charge < -0.3 is 15.5 Å². The highest BCUT2D eigenvalue weighted by molar-refractivity contribution is 5.87. The Morgan fingerprint density at radius 1 is 1.03 bits per heavy atom. The topological polar surface area (TPSA) is 132 Å². The van der Waals surface area contributed by atoms with Crippen molar-refractivity contribution in [1.29, 1.82) is 5.26 Å². The van der Waals surface area contributed by atoms with E-state index in [2.05, 4.69) is 35.1 Å². The van der Waals surface area contributed by atoms with Gasteiger partial charge in [0, 0.05) is 31.7 Å². The molecule has 0 bridgehead atoms. The first-order valence-corrected chi connectivity index (χ1v) is 11.3. The van der Waals surface area contributed by atoms with Gasteiger partial charge in [0.25, 0.3) is 0 Å². The molecule has 4 aromatic rings. The number of nitriles is 1. The van der Waals surface area contributed by atoms with Crippen molar-refractivity contribution in [3.8, 4) is 17.5 Å². The summed E-state index contributed by atoms with van der Waals surface area (Å²) in [5, 5.41) is 12.0. The minimum atomic E-state index is 0.157. The summed E-state index contributed by atoms with van der Waals surface area (Å²) < 4.78 is 0. The maximum atomic E-state index is 9.27. The van der Waals surface area contributed by atoms with Crippen LogP contribution in [0.2, 0.25) is 0 Å². The third-order valence-corrected chi connectivity index (χ3v) is 5.76. The number of piperazine rings is 1. The molecular weight excluding hydrogens is 440 g/mol. The van der Waals surface area contributed by atoms with Gasteiger partial charge in [0.2, 0.25) is 11.9 Å². The van der Waals surface area contributed by atoms with Crippen LogP contribution in [0, 0.1) is 18.4 Å². The fourth-order valence-corrected chi connectivity index (χ4v) is 4.06. The molecule has 10 heteroatoms. The Bertz CT molecular complexity index is 1420. The van der Waals surface area contributed by atoms with Crippen LogP contribution in [0.4, 0.5) is 17.5 Å². The standard InChI is InChI=1S/C25H24N10/c1-17-6-5-9-19(14-17)30-25(29-16-26)35-12-10-34(11-13-35)23-21-22(32-24(27)33-23)28-15-20(31-21)18-7-3-2-4-8-18/h2-9,14-15H,10-13H2,1H3,(H,29,30)(H2,27,28,32,33). The maximum absolute atomic E-state index is 9.27. The Hall–Kier alpha value is -4.78. The summed E-state index contributed by atoms with van der Waals surface area (Å²) in [6, 6.07) is 17.7. The lowest BCUT2D eigenvalue weighted by Crippen LogP contribution is -2.52. The highest BCUT2D eigenvalue weighted by Gasteiger charge is 2.24. The van der Waals surface area contributed by atoms with E-state index in [4.69, 9.17) is 10.7 Å². The molecule has 1 aliphatic heterocycles. The molecular formula is C25H24N10. The first-order chi connectivity index (χ1) is 17.1. The molecule has 1 saturated heterocycles. The number of anilines is 2. The number of nitrogens with zero attached hydrogens (tertiary/aromatic N) is 8. The van der Waals surface area contributed by atoms with Crippen LogP contribution in [0.25, 0.3) is 22.4 Å². The molecule has 2 aromatic carbocycles. The van der Waals surface area contributed by atoms with Gasteiger partial charge in [0.15, 0.2) is 23.2 Å². The van der Waals surface area contributed by atoms with Crippen molar-refractivity contribution in [2.45, 2.75) is 6.92 Å². The highest BCUT2D eigenvalue weighted by atomic mass is 15.4. The maximum Gasteiger partial charge on any atom is 0.224 e. The molecule has 174 valence electrons. The van der Waals surface area contributed by atoms with E-state index in [1.165, 1.54) is 0 Å². The zero-order valence-electron chi connectivity index (χ0n) is 19.3. The van der Waals surface area contributed by atoms with Gasteiger partial charge in [-0.15, -0.1) is 0 Å². The summed E-state index contributed by atoms with van der Waals surface area (Å²) >= 11 is 0. The summed E-state index contributed by atoms with van der Waals surface area (Å²) in [5.41, 5.74) is 10.7. The van der Waals surface area contributed by atoms with Gasteiger partial charge in [-0.1, -0.05) is 42.5 Å². The van der Waals surface area contributed by atoms with E-state index >= 15 is 0 Å². The van der Waals surface area contributed by atoms with Crippen LogP contribution < -0.4 is 16.0 Å². The largest absolute Gasteiger partial charge is 0.368 e. The van der Waals surface area contributed by atoms with Gasteiger partial charge in [0.1, 0.15) is 0 Å². The van der Waals surface area contributed by atoms with Crippen molar-refractivity contribution in [2.24, 2.45) is 4.99 Å². The van der Waals surface area contributed by atoms with Crippen LogP contribution >= 0.6 is 0 Å². The van der Waals surface area contributed by atoms with E-state index in [-0.39, 0.29) is 5.95 Å².